The predicted octanol–water partition coefficient (Wildman–Crippen LogP) is 10.5. The van der Waals surface area contributed by atoms with E-state index in [4.69, 9.17) is 24.4 Å². The van der Waals surface area contributed by atoms with Crippen molar-refractivity contribution in [1.29, 1.82) is 5.26 Å². The van der Waals surface area contributed by atoms with Crippen molar-refractivity contribution in [3.8, 4) is 62.5 Å². The first-order chi connectivity index (χ1) is 24.2. The van der Waals surface area contributed by atoms with Gasteiger partial charge in [-0.2, -0.15) is 5.26 Å². The molecule has 0 saturated carbocycles. The SMILES string of the molecule is N#Cc1ccc(-c2nc3ccccc3nc2-c2cc(-c3ccccc3)nc(-c3ccc(-c4ccc5oc6ccccc6c5c4)cc3)n2)cc1. The first-order valence-electron chi connectivity index (χ1n) is 15.9. The lowest BCUT2D eigenvalue weighted by atomic mass is 10.0. The third-order valence-corrected chi connectivity index (χ3v) is 8.75. The zero-order chi connectivity index (χ0) is 32.7. The van der Waals surface area contributed by atoms with Crippen LogP contribution in [0.25, 0.3) is 89.4 Å². The number of nitriles is 1. The normalized spacial score (nSPS) is 11.2. The maximum absolute atomic E-state index is 9.40. The summed E-state index contributed by atoms with van der Waals surface area (Å²) in [5.74, 6) is 0.583. The van der Waals surface area contributed by atoms with Crippen LogP contribution in [0.15, 0.2) is 156 Å². The summed E-state index contributed by atoms with van der Waals surface area (Å²) >= 11 is 0. The Hall–Kier alpha value is -6.97. The second-order valence-electron chi connectivity index (χ2n) is 11.8. The Morgan fingerprint density at radius 1 is 0.429 bits per heavy atom. The van der Waals surface area contributed by atoms with Crippen LogP contribution < -0.4 is 0 Å². The Morgan fingerprint density at radius 2 is 1.04 bits per heavy atom. The van der Waals surface area contributed by atoms with Crippen LogP contribution in [0.1, 0.15) is 5.56 Å². The maximum Gasteiger partial charge on any atom is 0.160 e. The number of aromatic nitrogens is 4. The van der Waals surface area contributed by atoms with E-state index < -0.39 is 0 Å². The highest BCUT2D eigenvalue weighted by Gasteiger charge is 2.18. The number of furan rings is 1. The van der Waals surface area contributed by atoms with Crippen molar-refractivity contribution >= 4 is 33.0 Å². The van der Waals surface area contributed by atoms with Crippen LogP contribution in [-0.4, -0.2) is 19.9 Å². The molecule has 0 atom stereocenters. The fraction of sp³-hybridized carbons (Fsp3) is 0. The zero-order valence-electron chi connectivity index (χ0n) is 26.1. The fourth-order valence-electron chi connectivity index (χ4n) is 6.25. The Bertz CT molecular complexity index is 2710. The zero-order valence-corrected chi connectivity index (χ0v) is 26.1. The van der Waals surface area contributed by atoms with Crippen molar-refractivity contribution < 1.29 is 4.42 Å². The van der Waals surface area contributed by atoms with Crippen molar-refractivity contribution in [2.75, 3.05) is 0 Å². The summed E-state index contributed by atoms with van der Waals surface area (Å²) in [6.45, 7) is 0. The molecule has 6 aromatic carbocycles. The number of benzene rings is 6. The highest BCUT2D eigenvalue weighted by atomic mass is 16.3. The van der Waals surface area contributed by atoms with Crippen LogP contribution in [0.3, 0.4) is 0 Å². The average Bonchev–Trinajstić information content (AvgIpc) is 3.56. The molecule has 0 radical (unpaired) electrons. The second-order valence-corrected chi connectivity index (χ2v) is 11.8. The van der Waals surface area contributed by atoms with Crippen LogP contribution in [0.5, 0.6) is 0 Å². The molecule has 9 aromatic rings. The van der Waals surface area contributed by atoms with Gasteiger partial charge in [0.25, 0.3) is 0 Å². The topological polar surface area (TPSA) is 88.5 Å². The van der Waals surface area contributed by atoms with E-state index >= 15 is 0 Å². The molecule has 0 fully saturated rings. The van der Waals surface area contributed by atoms with Crippen LogP contribution >= 0.6 is 0 Å². The van der Waals surface area contributed by atoms with Gasteiger partial charge in [0.15, 0.2) is 5.82 Å². The van der Waals surface area contributed by atoms with E-state index in [-0.39, 0.29) is 0 Å². The maximum atomic E-state index is 9.40. The molecule has 49 heavy (non-hydrogen) atoms. The van der Waals surface area contributed by atoms with Gasteiger partial charge >= 0.3 is 0 Å². The Labute approximate surface area is 281 Å². The molecule has 6 nitrogen and oxygen atoms in total. The lowest BCUT2D eigenvalue weighted by Gasteiger charge is -2.13. The first kappa shape index (κ1) is 28.3. The quantitative estimate of drug-likeness (QED) is 0.189. The molecule has 3 aromatic heterocycles. The molecule has 0 aliphatic rings. The molecule has 0 bridgehead atoms. The molecule has 0 unspecified atom stereocenters. The van der Waals surface area contributed by atoms with E-state index in [1.807, 2.05) is 97.1 Å². The van der Waals surface area contributed by atoms with E-state index in [0.29, 0.717) is 28.5 Å². The molecule has 0 aliphatic carbocycles. The van der Waals surface area contributed by atoms with Gasteiger partial charge in [-0.25, -0.2) is 19.9 Å². The molecule has 0 spiro atoms. The first-order valence-corrected chi connectivity index (χ1v) is 15.9. The molecule has 0 aliphatic heterocycles. The molecule has 6 heteroatoms. The Balaban J connectivity index is 1.19. The van der Waals surface area contributed by atoms with Gasteiger partial charge in [-0.15, -0.1) is 0 Å². The van der Waals surface area contributed by atoms with E-state index in [2.05, 4.69) is 48.5 Å². The van der Waals surface area contributed by atoms with E-state index in [1.165, 1.54) is 0 Å². The summed E-state index contributed by atoms with van der Waals surface area (Å²) in [5, 5.41) is 11.6. The summed E-state index contributed by atoms with van der Waals surface area (Å²) in [6.07, 6.45) is 0. The molecule has 3 heterocycles. The summed E-state index contributed by atoms with van der Waals surface area (Å²) < 4.78 is 6.05. The Kier molecular flexibility index (Phi) is 6.74. The van der Waals surface area contributed by atoms with Crippen molar-refractivity contribution in [3.63, 3.8) is 0 Å². The lowest BCUT2D eigenvalue weighted by molar-refractivity contribution is 0.669. The van der Waals surface area contributed by atoms with Crippen molar-refractivity contribution in [2.24, 2.45) is 0 Å². The van der Waals surface area contributed by atoms with Gasteiger partial charge in [-0.1, -0.05) is 103 Å². The van der Waals surface area contributed by atoms with Gasteiger partial charge < -0.3 is 4.42 Å². The van der Waals surface area contributed by atoms with Gasteiger partial charge in [-0.3, -0.25) is 0 Å². The van der Waals surface area contributed by atoms with Crippen LogP contribution in [-0.2, 0) is 0 Å². The summed E-state index contributed by atoms with van der Waals surface area (Å²) in [5.41, 5.74) is 11.5. The van der Waals surface area contributed by atoms with Gasteiger partial charge in [0.2, 0.25) is 0 Å². The van der Waals surface area contributed by atoms with Gasteiger partial charge in [0.05, 0.1) is 39.7 Å². The van der Waals surface area contributed by atoms with Crippen molar-refractivity contribution in [2.45, 2.75) is 0 Å². The number of para-hydroxylation sites is 3. The standard InChI is InChI=1S/C43H25N5O/c44-26-27-14-16-30(17-15-27)41-42(46-36-12-6-5-11-35(36)45-41)38-25-37(29-8-2-1-3-9-29)47-43(48-38)31-20-18-28(19-21-31)32-22-23-40-34(24-32)33-10-4-7-13-39(33)49-40/h1-25H. The smallest absolute Gasteiger partial charge is 0.160 e. The predicted molar refractivity (Wildman–Crippen MR) is 194 cm³/mol. The second kappa shape index (κ2) is 11.7. The summed E-state index contributed by atoms with van der Waals surface area (Å²) in [6, 6.07) is 52.3. The number of nitrogens with zero attached hydrogens (tertiary/aromatic N) is 5. The Morgan fingerprint density at radius 3 is 1.82 bits per heavy atom. The fourth-order valence-corrected chi connectivity index (χ4v) is 6.25. The molecular formula is C43H25N5O. The van der Waals surface area contributed by atoms with Crippen molar-refractivity contribution in [1.82, 2.24) is 19.9 Å². The minimum absolute atomic E-state index is 0.580. The minimum Gasteiger partial charge on any atom is -0.456 e. The average molecular weight is 628 g/mol. The third-order valence-electron chi connectivity index (χ3n) is 8.75. The van der Waals surface area contributed by atoms with E-state index in [1.54, 1.807) is 12.1 Å². The van der Waals surface area contributed by atoms with Crippen LogP contribution in [0, 0.1) is 11.3 Å². The number of rotatable bonds is 5. The van der Waals surface area contributed by atoms with Crippen LogP contribution in [0.2, 0.25) is 0 Å². The summed E-state index contributed by atoms with van der Waals surface area (Å²) in [4.78, 5) is 20.3. The van der Waals surface area contributed by atoms with Crippen molar-refractivity contribution in [3.05, 3.63) is 157 Å². The van der Waals surface area contributed by atoms with E-state index in [0.717, 1.165) is 66.5 Å². The third kappa shape index (κ3) is 5.16. The molecule has 0 N–H and O–H groups in total. The number of hydrogen-bond acceptors (Lipinski definition) is 6. The monoisotopic (exact) mass is 627 g/mol. The van der Waals surface area contributed by atoms with Gasteiger partial charge in [-0.05, 0) is 59.7 Å². The largest absolute Gasteiger partial charge is 0.456 e. The molecular weight excluding hydrogens is 603 g/mol. The number of fused-ring (bicyclic) bond motifs is 4. The van der Waals surface area contributed by atoms with E-state index in [9.17, 15) is 5.26 Å². The highest BCUT2D eigenvalue weighted by molar-refractivity contribution is 6.06. The molecule has 0 saturated heterocycles. The minimum atomic E-state index is 0.580. The van der Waals surface area contributed by atoms with Crippen LogP contribution in [0.4, 0.5) is 0 Å². The molecule has 9 rings (SSSR count). The lowest BCUT2D eigenvalue weighted by Crippen LogP contribution is -2.00. The molecule has 228 valence electrons. The van der Waals surface area contributed by atoms with Gasteiger partial charge in [0, 0.05) is 27.5 Å². The van der Waals surface area contributed by atoms with Gasteiger partial charge in [0.1, 0.15) is 16.9 Å². The summed E-state index contributed by atoms with van der Waals surface area (Å²) in [7, 11) is 0. The molecule has 0 amide bonds. The highest BCUT2D eigenvalue weighted by Crippen LogP contribution is 2.35. The number of hydrogen-bond donors (Lipinski definition) is 0.